The zero-order valence-electron chi connectivity index (χ0n) is 10.9. The maximum absolute atomic E-state index is 10.6. The Kier molecular flexibility index (Phi) is 5.88. The van der Waals surface area contributed by atoms with E-state index in [-0.39, 0.29) is 0 Å². The van der Waals surface area contributed by atoms with Gasteiger partial charge in [0.1, 0.15) is 6.04 Å². The predicted octanol–water partition coefficient (Wildman–Crippen LogP) is 0.205. The standard InChI is InChI=1S/C12H25N3O2/c1-3-15-8-4-10(5-9-15)14(2)7-6-11(13)12(16)17/h10-11H,3-9,13H2,1-2H3,(H,16,17). The van der Waals surface area contributed by atoms with Crippen molar-refractivity contribution >= 4 is 5.97 Å². The van der Waals surface area contributed by atoms with Gasteiger partial charge in [-0.15, -0.1) is 0 Å². The molecular weight excluding hydrogens is 218 g/mol. The topological polar surface area (TPSA) is 69.8 Å². The molecule has 0 aromatic rings. The molecule has 0 bridgehead atoms. The number of hydrogen-bond donors (Lipinski definition) is 2. The van der Waals surface area contributed by atoms with Crippen LogP contribution in [-0.4, -0.2) is 66.2 Å². The minimum absolute atomic E-state index is 0.528. The van der Waals surface area contributed by atoms with Crippen LogP contribution in [0.15, 0.2) is 0 Å². The molecule has 3 N–H and O–H groups in total. The Hall–Kier alpha value is -0.650. The molecule has 0 radical (unpaired) electrons. The van der Waals surface area contributed by atoms with Gasteiger partial charge in [-0.25, -0.2) is 0 Å². The molecule has 1 fully saturated rings. The summed E-state index contributed by atoms with van der Waals surface area (Å²) in [4.78, 5) is 15.3. The fraction of sp³-hybridized carbons (Fsp3) is 0.917. The monoisotopic (exact) mass is 243 g/mol. The first kappa shape index (κ1) is 14.4. The molecule has 5 nitrogen and oxygen atoms in total. The van der Waals surface area contributed by atoms with E-state index in [9.17, 15) is 4.79 Å². The quantitative estimate of drug-likeness (QED) is 0.697. The largest absolute Gasteiger partial charge is 0.480 e. The molecule has 17 heavy (non-hydrogen) atoms. The lowest BCUT2D eigenvalue weighted by atomic mass is 10.0. The van der Waals surface area contributed by atoms with E-state index in [2.05, 4.69) is 23.8 Å². The average Bonchev–Trinajstić information content (AvgIpc) is 2.35. The zero-order chi connectivity index (χ0) is 12.8. The lowest BCUT2D eigenvalue weighted by Gasteiger charge is -2.36. The third-order valence-corrected chi connectivity index (χ3v) is 3.74. The molecule has 1 aliphatic heterocycles. The Morgan fingerprint density at radius 2 is 2.12 bits per heavy atom. The summed E-state index contributed by atoms with van der Waals surface area (Å²) < 4.78 is 0. The highest BCUT2D eigenvalue weighted by molar-refractivity contribution is 5.72. The van der Waals surface area contributed by atoms with E-state index in [0.29, 0.717) is 12.5 Å². The van der Waals surface area contributed by atoms with Gasteiger partial charge in [0, 0.05) is 12.6 Å². The van der Waals surface area contributed by atoms with Crippen LogP contribution in [0.4, 0.5) is 0 Å². The van der Waals surface area contributed by atoms with Gasteiger partial charge in [0.05, 0.1) is 0 Å². The summed E-state index contributed by atoms with van der Waals surface area (Å²) in [5, 5.41) is 8.72. The second-order valence-corrected chi connectivity index (χ2v) is 4.88. The number of piperidine rings is 1. The minimum Gasteiger partial charge on any atom is -0.480 e. The van der Waals surface area contributed by atoms with Crippen LogP contribution >= 0.6 is 0 Å². The molecular formula is C12H25N3O2. The summed E-state index contributed by atoms with van der Waals surface area (Å²) in [6.45, 7) is 6.38. The van der Waals surface area contributed by atoms with Crippen LogP contribution in [0.2, 0.25) is 0 Å². The van der Waals surface area contributed by atoms with E-state index in [4.69, 9.17) is 10.8 Å². The van der Waals surface area contributed by atoms with Gasteiger partial charge in [-0.2, -0.15) is 0 Å². The Balaban J connectivity index is 2.24. The van der Waals surface area contributed by atoms with Gasteiger partial charge in [-0.05, 0) is 45.9 Å². The van der Waals surface area contributed by atoms with Crippen LogP contribution in [0, 0.1) is 0 Å². The second kappa shape index (κ2) is 6.93. The smallest absolute Gasteiger partial charge is 0.320 e. The molecule has 100 valence electrons. The fourth-order valence-corrected chi connectivity index (χ4v) is 2.33. The van der Waals surface area contributed by atoms with E-state index in [1.165, 1.54) is 12.8 Å². The number of carboxylic acid groups (broad SMARTS) is 1. The molecule has 1 saturated heterocycles. The van der Waals surface area contributed by atoms with Gasteiger partial charge < -0.3 is 20.6 Å². The fourth-order valence-electron chi connectivity index (χ4n) is 2.33. The highest BCUT2D eigenvalue weighted by Crippen LogP contribution is 2.15. The minimum atomic E-state index is -0.904. The van der Waals surface area contributed by atoms with Gasteiger partial charge in [-0.1, -0.05) is 6.92 Å². The van der Waals surface area contributed by atoms with E-state index in [0.717, 1.165) is 26.2 Å². The molecule has 0 aliphatic carbocycles. The summed E-state index contributed by atoms with van der Waals surface area (Å²) >= 11 is 0. The molecule has 1 aliphatic rings. The van der Waals surface area contributed by atoms with Crippen molar-refractivity contribution in [2.24, 2.45) is 5.73 Å². The Bertz CT molecular complexity index is 240. The first-order valence-electron chi connectivity index (χ1n) is 6.45. The average molecular weight is 243 g/mol. The van der Waals surface area contributed by atoms with Gasteiger partial charge in [0.15, 0.2) is 0 Å². The second-order valence-electron chi connectivity index (χ2n) is 4.88. The Morgan fingerprint density at radius 1 is 1.53 bits per heavy atom. The number of rotatable bonds is 6. The number of likely N-dealkylation sites (tertiary alicyclic amines) is 1. The van der Waals surface area contributed by atoms with Crippen LogP contribution in [0.5, 0.6) is 0 Å². The van der Waals surface area contributed by atoms with E-state index >= 15 is 0 Å². The maximum Gasteiger partial charge on any atom is 0.320 e. The van der Waals surface area contributed by atoms with Gasteiger partial charge in [-0.3, -0.25) is 4.79 Å². The lowest BCUT2D eigenvalue weighted by Crippen LogP contribution is -2.44. The highest BCUT2D eigenvalue weighted by atomic mass is 16.4. The summed E-state index contributed by atoms with van der Waals surface area (Å²) in [6, 6.07) is -0.146. The van der Waals surface area contributed by atoms with Crippen molar-refractivity contribution in [1.82, 2.24) is 9.80 Å². The summed E-state index contributed by atoms with van der Waals surface area (Å²) in [6.07, 6.45) is 2.87. The first-order valence-corrected chi connectivity index (χ1v) is 6.45. The molecule has 1 unspecified atom stereocenters. The molecule has 1 heterocycles. The lowest BCUT2D eigenvalue weighted by molar-refractivity contribution is -0.138. The number of aliphatic carboxylic acids is 1. The summed E-state index contributed by atoms with van der Waals surface area (Å²) in [5.74, 6) is -0.904. The molecule has 5 heteroatoms. The molecule has 1 atom stereocenters. The summed E-state index contributed by atoms with van der Waals surface area (Å²) in [5.41, 5.74) is 5.50. The third-order valence-electron chi connectivity index (χ3n) is 3.74. The normalized spacial score (nSPS) is 20.7. The van der Waals surface area contributed by atoms with Crippen LogP contribution in [0.3, 0.4) is 0 Å². The van der Waals surface area contributed by atoms with Crippen molar-refractivity contribution < 1.29 is 9.90 Å². The van der Waals surface area contributed by atoms with Gasteiger partial charge in [0.25, 0.3) is 0 Å². The molecule has 0 spiro atoms. The first-order chi connectivity index (χ1) is 8.04. The number of nitrogens with two attached hydrogens (primary N) is 1. The number of hydrogen-bond acceptors (Lipinski definition) is 4. The predicted molar refractivity (Wildman–Crippen MR) is 68.0 cm³/mol. The molecule has 1 rings (SSSR count). The number of carbonyl (C=O) groups is 1. The van der Waals surface area contributed by atoms with E-state index in [1.54, 1.807) is 0 Å². The van der Waals surface area contributed by atoms with Crippen LogP contribution in [-0.2, 0) is 4.79 Å². The van der Waals surface area contributed by atoms with E-state index in [1.807, 2.05) is 0 Å². The van der Waals surface area contributed by atoms with Crippen molar-refractivity contribution in [3.05, 3.63) is 0 Å². The number of carboxylic acids is 1. The van der Waals surface area contributed by atoms with Crippen molar-refractivity contribution in [3.8, 4) is 0 Å². The van der Waals surface area contributed by atoms with Crippen molar-refractivity contribution in [1.29, 1.82) is 0 Å². The van der Waals surface area contributed by atoms with Crippen molar-refractivity contribution in [2.75, 3.05) is 33.2 Å². The summed E-state index contributed by atoms with van der Waals surface area (Å²) in [7, 11) is 2.07. The third kappa shape index (κ3) is 4.61. The Morgan fingerprint density at radius 3 is 2.59 bits per heavy atom. The molecule has 0 aromatic carbocycles. The molecule has 0 amide bonds. The SMILES string of the molecule is CCN1CCC(N(C)CCC(N)C(=O)O)CC1. The molecule has 0 aromatic heterocycles. The maximum atomic E-state index is 10.6. The van der Waals surface area contributed by atoms with Crippen molar-refractivity contribution in [3.63, 3.8) is 0 Å². The zero-order valence-corrected chi connectivity index (χ0v) is 10.9. The molecule has 0 saturated carbocycles. The van der Waals surface area contributed by atoms with E-state index < -0.39 is 12.0 Å². The highest BCUT2D eigenvalue weighted by Gasteiger charge is 2.22. The Labute approximate surface area is 104 Å². The number of nitrogens with zero attached hydrogens (tertiary/aromatic N) is 2. The van der Waals surface area contributed by atoms with Gasteiger partial charge >= 0.3 is 5.97 Å². The van der Waals surface area contributed by atoms with Crippen LogP contribution in [0.1, 0.15) is 26.2 Å². The van der Waals surface area contributed by atoms with Crippen LogP contribution < -0.4 is 5.73 Å². The van der Waals surface area contributed by atoms with Gasteiger partial charge in [0.2, 0.25) is 0 Å². The van der Waals surface area contributed by atoms with Crippen LogP contribution in [0.25, 0.3) is 0 Å². The van der Waals surface area contributed by atoms with Crippen molar-refractivity contribution in [2.45, 2.75) is 38.3 Å².